The highest BCUT2D eigenvalue weighted by molar-refractivity contribution is 5.89. The first-order valence-electron chi connectivity index (χ1n) is 7.44. The van der Waals surface area contributed by atoms with Crippen LogP contribution in [0.4, 0.5) is 0 Å². The number of methoxy groups -OCH3 is 1. The van der Waals surface area contributed by atoms with Crippen molar-refractivity contribution in [3.8, 4) is 17.6 Å². The number of carbonyl (C=O) groups excluding carboxylic acids is 1. The van der Waals surface area contributed by atoms with Gasteiger partial charge in [0.2, 0.25) is 0 Å². The van der Waals surface area contributed by atoms with Crippen molar-refractivity contribution in [1.29, 1.82) is 5.26 Å². The van der Waals surface area contributed by atoms with Gasteiger partial charge in [-0.15, -0.1) is 5.10 Å². The van der Waals surface area contributed by atoms with Crippen LogP contribution in [0.2, 0.25) is 0 Å². The molecule has 7 nitrogen and oxygen atoms in total. The van der Waals surface area contributed by atoms with Gasteiger partial charge in [-0.2, -0.15) is 5.26 Å². The molecule has 3 rings (SSSR count). The molecule has 0 aliphatic heterocycles. The molecular formula is C18H14N4O3. The predicted molar refractivity (Wildman–Crippen MR) is 88.2 cm³/mol. The SMILES string of the molecule is COc1cc(C#N)ccc1OC(=O)c1cn(Cc2ccccc2)nn1. The van der Waals surface area contributed by atoms with Gasteiger partial charge in [0.05, 0.1) is 31.5 Å². The minimum Gasteiger partial charge on any atom is -0.493 e. The molecule has 1 aromatic heterocycles. The van der Waals surface area contributed by atoms with E-state index in [0.29, 0.717) is 17.9 Å². The third-order valence-electron chi connectivity index (χ3n) is 3.43. The molecule has 2 aromatic carbocycles. The van der Waals surface area contributed by atoms with Gasteiger partial charge in [-0.1, -0.05) is 35.5 Å². The van der Waals surface area contributed by atoms with E-state index in [1.807, 2.05) is 36.4 Å². The first-order chi connectivity index (χ1) is 12.2. The smallest absolute Gasteiger partial charge is 0.366 e. The minimum atomic E-state index is -0.651. The highest BCUT2D eigenvalue weighted by Gasteiger charge is 2.16. The molecule has 0 aliphatic carbocycles. The second-order valence-corrected chi connectivity index (χ2v) is 5.15. The van der Waals surface area contributed by atoms with Gasteiger partial charge in [-0.05, 0) is 17.7 Å². The van der Waals surface area contributed by atoms with Gasteiger partial charge in [-0.3, -0.25) is 0 Å². The maximum atomic E-state index is 12.2. The lowest BCUT2D eigenvalue weighted by molar-refractivity contribution is 0.0723. The van der Waals surface area contributed by atoms with Crippen LogP contribution in [0.15, 0.2) is 54.7 Å². The quantitative estimate of drug-likeness (QED) is 0.526. The monoisotopic (exact) mass is 334 g/mol. The lowest BCUT2D eigenvalue weighted by Crippen LogP contribution is -2.10. The molecule has 0 spiro atoms. The molecule has 0 bridgehead atoms. The Labute approximate surface area is 144 Å². The molecule has 0 saturated heterocycles. The number of benzene rings is 2. The van der Waals surface area contributed by atoms with Crippen LogP contribution < -0.4 is 9.47 Å². The van der Waals surface area contributed by atoms with Crippen LogP contribution in [0.25, 0.3) is 0 Å². The van der Waals surface area contributed by atoms with Crippen molar-refractivity contribution in [2.45, 2.75) is 6.54 Å². The molecule has 0 fully saturated rings. The summed E-state index contributed by atoms with van der Waals surface area (Å²) in [5, 5.41) is 16.7. The van der Waals surface area contributed by atoms with E-state index in [9.17, 15) is 4.79 Å². The Bertz CT molecular complexity index is 929. The predicted octanol–water partition coefficient (Wildman–Crippen LogP) is 2.43. The maximum absolute atomic E-state index is 12.2. The lowest BCUT2D eigenvalue weighted by atomic mass is 10.2. The van der Waals surface area contributed by atoms with Crippen LogP contribution in [0.1, 0.15) is 21.6 Å². The normalized spacial score (nSPS) is 10.1. The zero-order valence-corrected chi connectivity index (χ0v) is 13.4. The van der Waals surface area contributed by atoms with Gasteiger partial charge in [0.15, 0.2) is 17.2 Å². The molecule has 0 saturated carbocycles. The van der Waals surface area contributed by atoms with Crippen molar-refractivity contribution in [3.63, 3.8) is 0 Å². The Morgan fingerprint density at radius 3 is 2.72 bits per heavy atom. The fraction of sp³-hybridized carbons (Fsp3) is 0.111. The Morgan fingerprint density at radius 1 is 1.20 bits per heavy atom. The van der Waals surface area contributed by atoms with Crippen molar-refractivity contribution in [1.82, 2.24) is 15.0 Å². The van der Waals surface area contributed by atoms with Crippen molar-refractivity contribution in [2.24, 2.45) is 0 Å². The van der Waals surface area contributed by atoms with Crippen LogP contribution in [0, 0.1) is 11.3 Å². The van der Waals surface area contributed by atoms with E-state index in [2.05, 4.69) is 10.3 Å². The number of nitriles is 1. The van der Waals surface area contributed by atoms with Crippen molar-refractivity contribution in [2.75, 3.05) is 7.11 Å². The summed E-state index contributed by atoms with van der Waals surface area (Å²) in [4.78, 5) is 12.2. The van der Waals surface area contributed by atoms with E-state index in [1.165, 1.54) is 31.5 Å². The summed E-state index contributed by atoms with van der Waals surface area (Å²) in [5.74, 6) is -0.143. The van der Waals surface area contributed by atoms with Gasteiger partial charge in [0.1, 0.15) is 0 Å². The number of esters is 1. The second-order valence-electron chi connectivity index (χ2n) is 5.15. The number of rotatable bonds is 5. The molecule has 1 heterocycles. The van der Waals surface area contributed by atoms with E-state index in [0.717, 1.165) is 5.56 Å². The van der Waals surface area contributed by atoms with Crippen LogP contribution in [-0.2, 0) is 6.54 Å². The lowest BCUT2D eigenvalue weighted by Gasteiger charge is -2.08. The van der Waals surface area contributed by atoms with E-state index in [4.69, 9.17) is 14.7 Å². The van der Waals surface area contributed by atoms with Crippen molar-refractivity contribution < 1.29 is 14.3 Å². The van der Waals surface area contributed by atoms with Crippen LogP contribution in [0.5, 0.6) is 11.5 Å². The number of carbonyl (C=O) groups is 1. The van der Waals surface area contributed by atoms with Gasteiger partial charge in [0.25, 0.3) is 0 Å². The Morgan fingerprint density at radius 2 is 2.00 bits per heavy atom. The van der Waals surface area contributed by atoms with Crippen LogP contribution >= 0.6 is 0 Å². The molecule has 0 amide bonds. The molecule has 7 heteroatoms. The molecule has 124 valence electrons. The van der Waals surface area contributed by atoms with Gasteiger partial charge >= 0.3 is 5.97 Å². The Hall–Kier alpha value is -3.66. The topological polar surface area (TPSA) is 90.0 Å². The highest BCUT2D eigenvalue weighted by Crippen LogP contribution is 2.28. The molecule has 0 aliphatic rings. The first-order valence-corrected chi connectivity index (χ1v) is 7.44. The number of hydrogen-bond acceptors (Lipinski definition) is 6. The third kappa shape index (κ3) is 3.82. The van der Waals surface area contributed by atoms with Crippen LogP contribution in [0.3, 0.4) is 0 Å². The molecule has 3 aromatic rings. The summed E-state index contributed by atoms with van der Waals surface area (Å²) in [5.41, 5.74) is 1.54. The zero-order valence-electron chi connectivity index (χ0n) is 13.4. The fourth-order valence-corrected chi connectivity index (χ4v) is 2.21. The standard InChI is InChI=1S/C18H14N4O3/c1-24-17-9-14(10-19)7-8-16(17)25-18(23)15-12-22(21-20-15)11-13-5-3-2-4-6-13/h2-9,12H,11H2,1H3. The number of nitrogens with zero attached hydrogens (tertiary/aromatic N) is 4. The minimum absolute atomic E-state index is 0.0855. The third-order valence-corrected chi connectivity index (χ3v) is 3.43. The molecule has 0 unspecified atom stereocenters. The van der Waals surface area contributed by atoms with Gasteiger partial charge < -0.3 is 9.47 Å². The average Bonchev–Trinajstić information content (AvgIpc) is 3.11. The van der Waals surface area contributed by atoms with Crippen molar-refractivity contribution >= 4 is 5.97 Å². The van der Waals surface area contributed by atoms with Gasteiger partial charge in [-0.25, -0.2) is 9.48 Å². The average molecular weight is 334 g/mol. The second kappa shape index (κ2) is 7.27. The summed E-state index contributed by atoms with van der Waals surface area (Å²) in [6, 6.07) is 16.2. The van der Waals surface area contributed by atoms with E-state index < -0.39 is 5.97 Å². The van der Waals surface area contributed by atoms with Crippen LogP contribution in [-0.4, -0.2) is 28.1 Å². The fourth-order valence-electron chi connectivity index (χ4n) is 2.21. The van der Waals surface area contributed by atoms with E-state index >= 15 is 0 Å². The largest absolute Gasteiger partial charge is 0.493 e. The first kappa shape index (κ1) is 16.2. The number of aromatic nitrogens is 3. The summed E-state index contributed by atoms with van der Waals surface area (Å²) in [6.45, 7) is 0.501. The highest BCUT2D eigenvalue weighted by atomic mass is 16.6. The van der Waals surface area contributed by atoms with E-state index in [-0.39, 0.29) is 11.4 Å². The summed E-state index contributed by atoms with van der Waals surface area (Å²) >= 11 is 0. The zero-order chi connectivity index (χ0) is 17.6. The molecular weight excluding hydrogens is 320 g/mol. The summed E-state index contributed by atoms with van der Waals surface area (Å²) in [6.07, 6.45) is 1.52. The van der Waals surface area contributed by atoms with Crippen molar-refractivity contribution in [3.05, 3.63) is 71.5 Å². The summed E-state index contributed by atoms with van der Waals surface area (Å²) < 4.78 is 12.0. The Balaban J connectivity index is 1.73. The van der Waals surface area contributed by atoms with Gasteiger partial charge in [0, 0.05) is 6.07 Å². The summed E-state index contributed by atoms with van der Waals surface area (Å²) in [7, 11) is 1.43. The Kier molecular flexibility index (Phi) is 4.72. The maximum Gasteiger partial charge on any atom is 0.366 e. The molecule has 0 atom stereocenters. The number of hydrogen-bond donors (Lipinski definition) is 0. The van der Waals surface area contributed by atoms with E-state index in [1.54, 1.807) is 4.68 Å². The molecule has 0 radical (unpaired) electrons. The number of ether oxygens (including phenoxy) is 2. The molecule has 25 heavy (non-hydrogen) atoms. The molecule has 0 N–H and O–H groups in total.